The van der Waals surface area contributed by atoms with Gasteiger partial charge in [0.15, 0.2) is 5.82 Å². The number of amides is 1. The number of carbonyl (C=O) groups excluding carboxylic acids is 2. The van der Waals surface area contributed by atoms with E-state index in [1.165, 1.54) is 16.9 Å². The first kappa shape index (κ1) is 25.2. The molecule has 1 fully saturated rings. The summed E-state index contributed by atoms with van der Waals surface area (Å²) in [7, 11) is 0. The van der Waals surface area contributed by atoms with E-state index in [0.29, 0.717) is 11.9 Å². The highest BCUT2D eigenvalue weighted by molar-refractivity contribution is 5.93. The van der Waals surface area contributed by atoms with Gasteiger partial charge in [0.1, 0.15) is 42.8 Å². The van der Waals surface area contributed by atoms with Crippen molar-refractivity contribution in [1.29, 1.82) is 5.26 Å². The fraction of sp³-hybridized carbons (Fsp3) is 0.400. The molecule has 11 heteroatoms. The molecule has 2 aromatic heterocycles. The van der Waals surface area contributed by atoms with Crippen molar-refractivity contribution in [1.82, 2.24) is 14.6 Å². The molecule has 1 aliphatic rings. The molecule has 1 saturated heterocycles. The molecule has 3 aromatic rings. The van der Waals surface area contributed by atoms with Gasteiger partial charge in [0.05, 0.1) is 12.1 Å². The zero-order chi connectivity index (χ0) is 25.9. The van der Waals surface area contributed by atoms with E-state index >= 15 is 0 Å². The Morgan fingerprint density at radius 3 is 2.69 bits per heavy atom. The lowest BCUT2D eigenvalue weighted by Gasteiger charge is -2.24. The van der Waals surface area contributed by atoms with Crippen LogP contribution in [0.1, 0.15) is 31.5 Å². The Morgan fingerprint density at radius 2 is 2.00 bits per heavy atom. The summed E-state index contributed by atoms with van der Waals surface area (Å²) < 4.78 is 12.4. The van der Waals surface area contributed by atoms with Gasteiger partial charge in [0.25, 0.3) is 0 Å². The van der Waals surface area contributed by atoms with Crippen LogP contribution in [0, 0.1) is 17.2 Å². The SMILES string of the molecule is CC(C)CC(=O)Nc1ncnn2c([C@]3(C#N)O[C@H](COC(=O)Cc4ccccc4)[C@@H](O)[C@H]3O)ccc12. The second-order valence-electron chi connectivity index (χ2n) is 9.05. The molecular weight excluding hydrogens is 466 g/mol. The van der Waals surface area contributed by atoms with Crippen LogP contribution >= 0.6 is 0 Å². The lowest BCUT2D eigenvalue weighted by atomic mass is 9.92. The van der Waals surface area contributed by atoms with E-state index in [2.05, 4.69) is 15.4 Å². The van der Waals surface area contributed by atoms with Crippen molar-refractivity contribution in [3.63, 3.8) is 0 Å². The van der Waals surface area contributed by atoms with Crippen molar-refractivity contribution >= 4 is 23.2 Å². The van der Waals surface area contributed by atoms with Gasteiger partial charge in [0.2, 0.25) is 11.5 Å². The molecule has 1 aliphatic heterocycles. The van der Waals surface area contributed by atoms with Crippen molar-refractivity contribution < 1.29 is 29.3 Å². The van der Waals surface area contributed by atoms with Gasteiger partial charge >= 0.3 is 5.97 Å². The van der Waals surface area contributed by atoms with Crippen LogP contribution in [0.2, 0.25) is 0 Å². The summed E-state index contributed by atoms with van der Waals surface area (Å²) in [5.74, 6) is -0.388. The third-order valence-electron chi connectivity index (χ3n) is 5.91. The summed E-state index contributed by atoms with van der Waals surface area (Å²) in [6.07, 6.45) is -2.80. The second kappa shape index (κ2) is 10.4. The quantitative estimate of drug-likeness (QED) is 0.394. The normalized spacial score (nSPS) is 23.5. The lowest BCUT2D eigenvalue weighted by molar-refractivity contribution is -0.149. The van der Waals surface area contributed by atoms with Crippen LogP contribution in [0.5, 0.6) is 0 Å². The Hall–Kier alpha value is -3.85. The number of hydrogen-bond donors (Lipinski definition) is 3. The number of carbonyl (C=O) groups is 2. The molecule has 0 spiro atoms. The Kier molecular flexibility index (Phi) is 7.30. The molecule has 0 bridgehead atoms. The zero-order valence-electron chi connectivity index (χ0n) is 19.9. The summed E-state index contributed by atoms with van der Waals surface area (Å²) in [6.45, 7) is 3.48. The van der Waals surface area contributed by atoms with Gasteiger partial charge in [-0.25, -0.2) is 9.50 Å². The number of esters is 1. The summed E-state index contributed by atoms with van der Waals surface area (Å²) in [5, 5.41) is 38.4. The molecule has 0 aliphatic carbocycles. The number of anilines is 1. The first-order valence-corrected chi connectivity index (χ1v) is 11.5. The number of fused-ring (bicyclic) bond motifs is 1. The van der Waals surface area contributed by atoms with E-state index in [-0.39, 0.29) is 36.4 Å². The number of aliphatic hydroxyl groups is 2. The van der Waals surface area contributed by atoms with Crippen LogP contribution in [0.25, 0.3) is 5.52 Å². The van der Waals surface area contributed by atoms with Gasteiger partial charge in [-0.1, -0.05) is 44.2 Å². The van der Waals surface area contributed by atoms with E-state index in [1.54, 1.807) is 30.3 Å². The Bertz CT molecular complexity index is 1290. The van der Waals surface area contributed by atoms with Gasteiger partial charge in [-0.15, -0.1) is 0 Å². The van der Waals surface area contributed by atoms with E-state index in [4.69, 9.17) is 9.47 Å². The average molecular weight is 494 g/mol. The standard InChI is InChI=1S/C25H27N5O6/c1-15(2)10-20(31)29-24-17-8-9-19(30(17)28-14-27-24)25(13-26)23(34)22(33)18(36-25)12-35-21(32)11-16-6-4-3-5-7-16/h3-9,14-15,18,22-23,33-34H,10-12H2,1-2H3,(H,27,28,29,31)/t18-,22-,23-,25+/m1/s1. The highest BCUT2D eigenvalue weighted by Gasteiger charge is 2.57. The predicted molar refractivity (Wildman–Crippen MR) is 126 cm³/mol. The minimum atomic E-state index is -2.00. The topological polar surface area (TPSA) is 159 Å². The summed E-state index contributed by atoms with van der Waals surface area (Å²) in [6, 6.07) is 14.0. The zero-order valence-corrected chi connectivity index (χ0v) is 19.9. The van der Waals surface area contributed by atoms with Crippen molar-refractivity contribution in [2.75, 3.05) is 11.9 Å². The number of ether oxygens (including phenoxy) is 2. The maximum absolute atomic E-state index is 12.3. The first-order chi connectivity index (χ1) is 17.2. The van der Waals surface area contributed by atoms with Gasteiger partial charge < -0.3 is 25.0 Å². The van der Waals surface area contributed by atoms with Crippen LogP contribution in [-0.2, 0) is 31.1 Å². The molecule has 11 nitrogen and oxygen atoms in total. The van der Waals surface area contributed by atoms with Crippen LogP contribution in [0.4, 0.5) is 5.82 Å². The molecule has 0 radical (unpaired) electrons. The number of hydrogen-bond acceptors (Lipinski definition) is 9. The molecule has 36 heavy (non-hydrogen) atoms. The van der Waals surface area contributed by atoms with Crippen LogP contribution in [0.15, 0.2) is 48.8 Å². The minimum absolute atomic E-state index is 0.0289. The third-order valence-corrected chi connectivity index (χ3v) is 5.91. The number of aliphatic hydroxyl groups excluding tert-OH is 2. The van der Waals surface area contributed by atoms with Crippen molar-refractivity contribution in [3.05, 3.63) is 60.0 Å². The van der Waals surface area contributed by atoms with Crippen molar-refractivity contribution in [2.45, 2.75) is 50.6 Å². The summed E-state index contributed by atoms with van der Waals surface area (Å²) in [5.41, 5.74) is -0.735. The number of nitriles is 1. The monoisotopic (exact) mass is 493 g/mol. The van der Waals surface area contributed by atoms with E-state index in [0.717, 1.165) is 5.56 Å². The largest absolute Gasteiger partial charge is 0.463 e. The first-order valence-electron chi connectivity index (χ1n) is 11.5. The number of aromatic nitrogens is 3. The highest BCUT2D eigenvalue weighted by atomic mass is 16.6. The smallest absolute Gasteiger partial charge is 0.310 e. The minimum Gasteiger partial charge on any atom is -0.463 e. The number of rotatable bonds is 8. The van der Waals surface area contributed by atoms with Gasteiger partial charge in [-0.3, -0.25) is 9.59 Å². The number of nitrogens with one attached hydrogen (secondary N) is 1. The molecule has 3 heterocycles. The molecule has 1 aromatic carbocycles. The van der Waals surface area contributed by atoms with Crippen LogP contribution in [0.3, 0.4) is 0 Å². The van der Waals surface area contributed by atoms with E-state index < -0.39 is 29.9 Å². The molecule has 0 saturated carbocycles. The third kappa shape index (κ3) is 4.92. The van der Waals surface area contributed by atoms with E-state index in [9.17, 15) is 25.1 Å². The predicted octanol–water partition coefficient (Wildman–Crippen LogP) is 1.34. The molecule has 4 rings (SSSR count). The average Bonchev–Trinajstić information content (AvgIpc) is 3.39. The molecular formula is C25H27N5O6. The van der Waals surface area contributed by atoms with Crippen LogP contribution in [-0.4, -0.2) is 61.6 Å². The summed E-state index contributed by atoms with van der Waals surface area (Å²) >= 11 is 0. The molecule has 1 amide bonds. The fourth-order valence-corrected chi connectivity index (χ4v) is 4.17. The molecule has 188 valence electrons. The maximum Gasteiger partial charge on any atom is 0.310 e. The maximum atomic E-state index is 12.3. The van der Waals surface area contributed by atoms with E-state index in [1.807, 2.05) is 26.0 Å². The Morgan fingerprint density at radius 1 is 1.25 bits per heavy atom. The summed E-state index contributed by atoms with van der Waals surface area (Å²) in [4.78, 5) is 28.6. The molecule has 3 N–H and O–H groups in total. The van der Waals surface area contributed by atoms with Crippen molar-refractivity contribution in [2.24, 2.45) is 5.92 Å². The van der Waals surface area contributed by atoms with Gasteiger partial charge in [-0.05, 0) is 23.6 Å². The fourth-order valence-electron chi connectivity index (χ4n) is 4.17. The van der Waals surface area contributed by atoms with Crippen molar-refractivity contribution in [3.8, 4) is 6.07 Å². The molecule has 4 atom stereocenters. The lowest BCUT2D eigenvalue weighted by Crippen LogP contribution is -2.41. The second-order valence-corrected chi connectivity index (χ2v) is 9.05. The number of benzene rings is 1. The van der Waals surface area contributed by atoms with Crippen LogP contribution < -0.4 is 5.32 Å². The highest BCUT2D eigenvalue weighted by Crippen LogP contribution is 2.40. The Balaban J connectivity index is 1.54. The number of nitrogens with zero attached hydrogens (tertiary/aromatic N) is 4. The molecule has 0 unspecified atom stereocenters. The van der Waals surface area contributed by atoms with Gasteiger partial charge in [-0.2, -0.15) is 10.4 Å². The van der Waals surface area contributed by atoms with Gasteiger partial charge in [0, 0.05) is 6.42 Å². The Labute approximate surface area is 207 Å².